The Morgan fingerprint density at radius 2 is 2.21 bits per heavy atom. The first-order valence-corrected chi connectivity index (χ1v) is 7.78. The summed E-state index contributed by atoms with van der Waals surface area (Å²) in [6.45, 7) is 3.65. The molecule has 1 aliphatic carbocycles. The van der Waals surface area contributed by atoms with E-state index < -0.39 is 0 Å². The van der Waals surface area contributed by atoms with Gasteiger partial charge in [-0.25, -0.2) is 0 Å². The first-order valence-electron chi connectivity index (χ1n) is 7.78. The third-order valence-corrected chi connectivity index (χ3v) is 4.38. The van der Waals surface area contributed by atoms with Crippen LogP contribution in [0, 0.1) is 0 Å². The Hall–Kier alpha value is -0.930. The molecule has 3 nitrogen and oxygen atoms in total. The maximum absolute atomic E-state index is 4.20. The first-order chi connectivity index (χ1) is 9.42. The Bertz CT molecular complexity index is 375. The van der Waals surface area contributed by atoms with Gasteiger partial charge in [-0.2, -0.15) is 0 Å². The molecule has 0 radical (unpaired) electrons. The maximum atomic E-state index is 4.20. The molecule has 1 saturated carbocycles. The van der Waals surface area contributed by atoms with Crippen LogP contribution >= 0.6 is 0 Å². The predicted molar refractivity (Wildman–Crippen MR) is 78.2 cm³/mol. The lowest BCUT2D eigenvalue weighted by atomic mass is 10.0. The van der Waals surface area contributed by atoms with Gasteiger partial charge in [-0.3, -0.25) is 9.88 Å². The average Bonchev–Trinajstić information content (AvgIpc) is 3.29. The third kappa shape index (κ3) is 4.02. The van der Waals surface area contributed by atoms with Crippen molar-refractivity contribution in [2.45, 2.75) is 50.6 Å². The molecule has 1 atom stereocenters. The largest absolute Gasteiger partial charge is 0.312 e. The summed E-state index contributed by atoms with van der Waals surface area (Å²) in [5, 5.41) is 3.70. The average molecular weight is 259 g/mol. The topological polar surface area (TPSA) is 28.2 Å². The van der Waals surface area contributed by atoms with Crippen LogP contribution in [0.1, 0.15) is 37.7 Å². The molecule has 0 aromatic carbocycles. The number of piperidine rings is 1. The standard InChI is InChI=1S/C16H25N3/c1-2-10-19(11-8-14-4-3-9-17-12-14)16(5-1)13-18-15-6-7-15/h3-4,9,12,15-16,18H,1-2,5-8,10-11,13H2. The molecule has 0 spiro atoms. The van der Waals surface area contributed by atoms with Crippen molar-refractivity contribution in [2.24, 2.45) is 0 Å². The molecular formula is C16H25N3. The maximum Gasteiger partial charge on any atom is 0.0300 e. The van der Waals surface area contributed by atoms with Gasteiger partial charge in [0.1, 0.15) is 0 Å². The van der Waals surface area contributed by atoms with Gasteiger partial charge < -0.3 is 5.32 Å². The van der Waals surface area contributed by atoms with Gasteiger partial charge in [0.2, 0.25) is 0 Å². The van der Waals surface area contributed by atoms with Gasteiger partial charge in [0, 0.05) is 37.6 Å². The fourth-order valence-electron chi connectivity index (χ4n) is 2.99. The lowest BCUT2D eigenvalue weighted by Gasteiger charge is -2.36. The minimum atomic E-state index is 0.756. The van der Waals surface area contributed by atoms with Crippen molar-refractivity contribution in [3.8, 4) is 0 Å². The van der Waals surface area contributed by atoms with E-state index in [-0.39, 0.29) is 0 Å². The fraction of sp³-hybridized carbons (Fsp3) is 0.688. The molecule has 1 unspecified atom stereocenters. The molecule has 1 aliphatic heterocycles. The van der Waals surface area contributed by atoms with Gasteiger partial charge in [-0.1, -0.05) is 12.5 Å². The second kappa shape index (κ2) is 6.49. The van der Waals surface area contributed by atoms with Crippen molar-refractivity contribution in [3.63, 3.8) is 0 Å². The van der Waals surface area contributed by atoms with Gasteiger partial charge in [-0.15, -0.1) is 0 Å². The van der Waals surface area contributed by atoms with Gasteiger partial charge in [-0.05, 0) is 50.3 Å². The second-order valence-corrected chi connectivity index (χ2v) is 5.98. The summed E-state index contributed by atoms with van der Waals surface area (Å²) >= 11 is 0. The Morgan fingerprint density at radius 3 is 3.00 bits per heavy atom. The minimum Gasteiger partial charge on any atom is -0.312 e. The van der Waals surface area contributed by atoms with Crippen LogP contribution in [0.4, 0.5) is 0 Å². The predicted octanol–water partition coefficient (Wildman–Crippen LogP) is 2.23. The Morgan fingerprint density at radius 1 is 1.26 bits per heavy atom. The fourth-order valence-corrected chi connectivity index (χ4v) is 2.99. The SMILES string of the molecule is c1cncc(CCN2CCCCC2CNC2CC2)c1. The molecule has 104 valence electrons. The van der Waals surface area contributed by atoms with Crippen LogP contribution in [0.2, 0.25) is 0 Å². The van der Waals surface area contributed by atoms with E-state index in [4.69, 9.17) is 0 Å². The first kappa shape index (κ1) is 13.1. The lowest BCUT2D eigenvalue weighted by Crippen LogP contribution is -2.46. The second-order valence-electron chi connectivity index (χ2n) is 5.98. The number of hydrogen-bond acceptors (Lipinski definition) is 3. The van der Waals surface area contributed by atoms with Crippen LogP contribution in [-0.2, 0) is 6.42 Å². The highest BCUT2D eigenvalue weighted by Crippen LogP contribution is 2.21. The summed E-state index contributed by atoms with van der Waals surface area (Å²) in [5.74, 6) is 0. The highest BCUT2D eigenvalue weighted by molar-refractivity contribution is 5.08. The summed E-state index contributed by atoms with van der Waals surface area (Å²) in [7, 11) is 0. The molecule has 0 bridgehead atoms. The molecule has 19 heavy (non-hydrogen) atoms. The van der Waals surface area contributed by atoms with Gasteiger partial charge in [0.15, 0.2) is 0 Å². The van der Waals surface area contributed by atoms with E-state index in [1.54, 1.807) is 0 Å². The van der Waals surface area contributed by atoms with Crippen LogP contribution in [0.15, 0.2) is 24.5 Å². The van der Waals surface area contributed by atoms with Gasteiger partial charge in [0.05, 0.1) is 0 Å². The van der Waals surface area contributed by atoms with Gasteiger partial charge in [0.25, 0.3) is 0 Å². The monoisotopic (exact) mass is 259 g/mol. The molecular weight excluding hydrogens is 234 g/mol. The number of likely N-dealkylation sites (tertiary alicyclic amines) is 1. The highest BCUT2D eigenvalue weighted by atomic mass is 15.2. The molecule has 2 aliphatic rings. The van der Waals surface area contributed by atoms with E-state index in [1.807, 2.05) is 18.5 Å². The van der Waals surface area contributed by atoms with E-state index >= 15 is 0 Å². The Kier molecular flexibility index (Phi) is 4.46. The van der Waals surface area contributed by atoms with Crippen molar-refractivity contribution in [1.29, 1.82) is 0 Å². The van der Waals surface area contributed by atoms with Crippen LogP contribution in [0.25, 0.3) is 0 Å². The Balaban J connectivity index is 1.48. The molecule has 3 rings (SSSR count). The van der Waals surface area contributed by atoms with Crippen molar-refractivity contribution in [2.75, 3.05) is 19.6 Å². The Labute approximate surface area is 116 Å². The van der Waals surface area contributed by atoms with E-state index in [0.29, 0.717) is 0 Å². The highest BCUT2D eigenvalue weighted by Gasteiger charge is 2.26. The quantitative estimate of drug-likeness (QED) is 0.849. The van der Waals surface area contributed by atoms with Gasteiger partial charge >= 0.3 is 0 Å². The summed E-state index contributed by atoms with van der Waals surface area (Å²) < 4.78 is 0. The summed E-state index contributed by atoms with van der Waals surface area (Å²) in [6.07, 6.45) is 11.9. The van der Waals surface area contributed by atoms with Crippen LogP contribution in [0.3, 0.4) is 0 Å². The number of aromatic nitrogens is 1. The van der Waals surface area contributed by atoms with E-state index in [9.17, 15) is 0 Å². The zero-order valence-electron chi connectivity index (χ0n) is 11.7. The molecule has 1 aromatic rings. The summed E-state index contributed by atoms with van der Waals surface area (Å²) in [4.78, 5) is 6.89. The minimum absolute atomic E-state index is 0.756. The van der Waals surface area contributed by atoms with Crippen LogP contribution in [0.5, 0.6) is 0 Å². The third-order valence-electron chi connectivity index (χ3n) is 4.38. The molecule has 0 amide bonds. The van der Waals surface area contributed by atoms with Crippen molar-refractivity contribution < 1.29 is 0 Å². The van der Waals surface area contributed by atoms with Crippen molar-refractivity contribution >= 4 is 0 Å². The number of nitrogens with zero attached hydrogens (tertiary/aromatic N) is 2. The molecule has 2 heterocycles. The smallest absolute Gasteiger partial charge is 0.0300 e. The number of rotatable bonds is 6. The number of pyridine rings is 1. The zero-order valence-corrected chi connectivity index (χ0v) is 11.7. The number of hydrogen-bond donors (Lipinski definition) is 1. The van der Waals surface area contributed by atoms with E-state index in [0.717, 1.165) is 18.5 Å². The van der Waals surface area contributed by atoms with Crippen molar-refractivity contribution in [1.82, 2.24) is 15.2 Å². The lowest BCUT2D eigenvalue weighted by molar-refractivity contribution is 0.147. The zero-order chi connectivity index (χ0) is 12.9. The normalized spacial score (nSPS) is 24.5. The molecule has 1 aromatic heterocycles. The number of nitrogens with one attached hydrogen (secondary N) is 1. The van der Waals surface area contributed by atoms with Crippen LogP contribution < -0.4 is 5.32 Å². The summed E-state index contributed by atoms with van der Waals surface area (Å²) in [6, 6.07) is 5.82. The summed E-state index contributed by atoms with van der Waals surface area (Å²) in [5.41, 5.74) is 1.36. The molecule has 2 fully saturated rings. The molecule has 3 heteroatoms. The molecule has 1 N–H and O–H groups in total. The molecule has 1 saturated heterocycles. The van der Waals surface area contributed by atoms with E-state index in [2.05, 4.69) is 21.3 Å². The van der Waals surface area contributed by atoms with Crippen LogP contribution in [-0.4, -0.2) is 41.6 Å². The van der Waals surface area contributed by atoms with E-state index in [1.165, 1.54) is 57.3 Å². The van der Waals surface area contributed by atoms with Crippen molar-refractivity contribution in [3.05, 3.63) is 30.1 Å².